The Bertz CT molecular complexity index is 884. The van der Waals surface area contributed by atoms with Crippen LogP contribution in [0.4, 0.5) is 21.5 Å². The summed E-state index contributed by atoms with van der Waals surface area (Å²) < 4.78 is 18.1. The van der Waals surface area contributed by atoms with Crippen LogP contribution in [0.2, 0.25) is 0 Å². The van der Waals surface area contributed by atoms with Crippen LogP contribution < -0.4 is 16.4 Å². The van der Waals surface area contributed by atoms with Gasteiger partial charge in [0.25, 0.3) is 0 Å². The number of amides is 2. The van der Waals surface area contributed by atoms with E-state index in [1.54, 1.807) is 0 Å². The summed E-state index contributed by atoms with van der Waals surface area (Å²) in [5.41, 5.74) is 12.4. The summed E-state index contributed by atoms with van der Waals surface area (Å²) in [6, 6.07) is 9.89. The fourth-order valence-corrected chi connectivity index (χ4v) is 2.85. The van der Waals surface area contributed by atoms with Crippen LogP contribution in [0.5, 0.6) is 0 Å². The Morgan fingerprint density at radius 3 is 2.28 bits per heavy atom. The first-order chi connectivity index (χ1) is 13.8. The normalized spacial score (nSPS) is 10.4. The van der Waals surface area contributed by atoms with Gasteiger partial charge in [-0.25, -0.2) is 9.18 Å². The zero-order valence-electron chi connectivity index (χ0n) is 16.2. The summed E-state index contributed by atoms with van der Waals surface area (Å²) in [6.45, 7) is 0. The molecule has 0 aliphatic rings. The summed E-state index contributed by atoms with van der Waals surface area (Å²) in [7, 11) is 1.26. The number of nitrogens with zero attached hydrogens (tertiary/aromatic N) is 1. The van der Waals surface area contributed by atoms with E-state index in [2.05, 4.69) is 0 Å². The fourth-order valence-electron chi connectivity index (χ4n) is 2.85. The standard InChI is InChI=1S/C21H24FN3O4/c1-29-21(28)14-7-12-17(23)18(13-14)25(16-10-8-15(22)9-11-16)20(27)6-4-2-3-5-19(24)26/h7-13H,2-6,23H2,1H3,(H2,24,26). The average Bonchev–Trinajstić information content (AvgIpc) is 2.70. The van der Waals surface area contributed by atoms with Crippen molar-refractivity contribution in [3.63, 3.8) is 0 Å². The van der Waals surface area contributed by atoms with Gasteiger partial charge in [0.1, 0.15) is 5.82 Å². The number of anilines is 3. The molecule has 0 atom stereocenters. The number of methoxy groups -OCH3 is 1. The summed E-state index contributed by atoms with van der Waals surface area (Å²) in [5.74, 6) is -1.66. The second-order valence-electron chi connectivity index (χ2n) is 6.50. The Morgan fingerprint density at radius 2 is 1.66 bits per heavy atom. The minimum atomic E-state index is -0.566. The fraction of sp³-hybridized carbons (Fsp3) is 0.286. The van der Waals surface area contributed by atoms with Crippen LogP contribution in [0.3, 0.4) is 0 Å². The number of benzene rings is 2. The lowest BCUT2D eigenvalue weighted by Crippen LogP contribution is -2.27. The van der Waals surface area contributed by atoms with Gasteiger partial charge in [-0.05, 0) is 55.3 Å². The molecule has 154 valence electrons. The SMILES string of the molecule is COC(=O)c1ccc(N)c(N(C(=O)CCCCCC(N)=O)c2ccc(F)cc2)c1. The molecular formula is C21H24FN3O4. The third kappa shape index (κ3) is 6.03. The molecule has 29 heavy (non-hydrogen) atoms. The molecule has 2 amide bonds. The third-order valence-corrected chi connectivity index (χ3v) is 4.34. The van der Waals surface area contributed by atoms with E-state index in [0.717, 1.165) is 0 Å². The second kappa shape index (κ2) is 10.2. The van der Waals surface area contributed by atoms with Crippen molar-refractivity contribution in [3.8, 4) is 0 Å². The number of rotatable bonds is 9. The predicted molar refractivity (Wildman–Crippen MR) is 108 cm³/mol. The lowest BCUT2D eigenvalue weighted by molar-refractivity contribution is -0.118. The highest BCUT2D eigenvalue weighted by atomic mass is 19.1. The third-order valence-electron chi connectivity index (χ3n) is 4.34. The molecule has 0 spiro atoms. The zero-order valence-corrected chi connectivity index (χ0v) is 16.2. The summed E-state index contributed by atoms with van der Waals surface area (Å²) in [5, 5.41) is 0. The topological polar surface area (TPSA) is 116 Å². The van der Waals surface area contributed by atoms with Crippen molar-refractivity contribution in [3.05, 3.63) is 53.8 Å². The molecule has 0 bridgehead atoms. The number of hydrogen-bond acceptors (Lipinski definition) is 5. The molecule has 7 nitrogen and oxygen atoms in total. The molecule has 0 aromatic heterocycles. The van der Waals surface area contributed by atoms with Crippen LogP contribution in [0.25, 0.3) is 0 Å². The first-order valence-electron chi connectivity index (χ1n) is 9.18. The van der Waals surface area contributed by atoms with Crippen molar-refractivity contribution in [2.75, 3.05) is 17.7 Å². The first kappa shape index (κ1) is 21.9. The number of nitrogen functional groups attached to an aromatic ring is 1. The van der Waals surface area contributed by atoms with E-state index in [9.17, 15) is 18.8 Å². The number of halogens is 1. The van der Waals surface area contributed by atoms with Gasteiger partial charge < -0.3 is 16.2 Å². The van der Waals surface area contributed by atoms with Gasteiger partial charge in [0.2, 0.25) is 11.8 Å². The summed E-state index contributed by atoms with van der Waals surface area (Å²) in [4.78, 5) is 37.1. The zero-order chi connectivity index (χ0) is 21.4. The molecule has 2 aromatic rings. The van der Waals surface area contributed by atoms with Gasteiger partial charge in [-0.15, -0.1) is 0 Å². The van der Waals surface area contributed by atoms with E-state index >= 15 is 0 Å². The van der Waals surface area contributed by atoms with Gasteiger partial charge in [0, 0.05) is 18.5 Å². The van der Waals surface area contributed by atoms with E-state index < -0.39 is 11.8 Å². The smallest absolute Gasteiger partial charge is 0.337 e. The highest BCUT2D eigenvalue weighted by Crippen LogP contribution is 2.33. The van der Waals surface area contributed by atoms with E-state index in [0.29, 0.717) is 30.6 Å². The summed E-state index contributed by atoms with van der Waals surface area (Å²) in [6.07, 6.45) is 2.24. The largest absolute Gasteiger partial charge is 0.465 e. The molecule has 2 aromatic carbocycles. The highest BCUT2D eigenvalue weighted by Gasteiger charge is 2.22. The molecule has 0 unspecified atom stereocenters. The van der Waals surface area contributed by atoms with Gasteiger partial charge in [-0.2, -0.15) is 0 Å². The van der Waals surface area contributed by atoms with Crippen LogP contribution in [0, 0.1) is 5.82 Å². The molecule has 0 saturated carbocycles. The van der Waals surface area contributed by atoms with Gasteiger partial charge in [0.15, 0.2) is 0 Å². The number of carbonyl (C=O) groups excluding carboxylic acids is 3. The van der Waals surface area contributed by atoms with Crippen LogP contribution >= 0.6 is 0 Å². The second-order valence-corrected chi connectivity index (χ2v) is 6.50. The highest BCUT2D eigenvalue weighted by molar-refractivity contribution is 6.04. The molecular weight excluding hydrogens is 377 g/mol. The number of primary amides is 1. The molecule has 0 heterocycles. The molecule has 0 aliphatic heterocycles. The van der Waals surface area contributed by atoms with Crippen LogP contribution in [0.15, 0.2) is 42.5 Å². The van der Waals surface area contributed by atoms with Crippen molar-refractivity contribution in [2.45, 2.75) is 32.1 Å². The van der Waals surface area contributed by atoms with E-state index in [1.807, 2.05) is 0 Å². The Hall–Kier alpha value is -3.42. The Kier molecular flexibility index (Phi) is 7.70. The van der Waals surface area contributed by atoms with Crippen molar-refractivity contribution in [1.82, 2.24) is 0 Å². The maximum Gasteiger partial charge on any atom is 0.337 e. The number of ether oxygens (including phenoxy) is 1. The van der Waals surface area contributed by atoms with Gasteiger partial charge in [-0.3, -0.25) is 14.5 Å². The molecule has 0 saturated heterocycles. The van der Waals surface area contributed by atoms with Crippen molar-refractivity contribution >= 4 is 34.8 Å². The monoisotopic (exact) mass is 401 g/mol. The molecule has 0 aliphatic carbocycles. The van der Waals surface area contributed by atoms with Gasteiger partial charge in [0.05, 0.1) is 24.0 Å². The lowest BCUT2D eigenvalue weighted by Gasteiger charge is -2.25. The molecule has 0 radical (unpaired) electrons. The summed E-state index contributed by atoms with van der Waals surface area (Å²) >= 11 is 0. The maximum atomic E-state index is 13.4. The maximum absolute atomic E-state index is 13.4. The van der Waals surface area contributed by atoms with Crippen LogP contribution in [-0.4, -0.2) is 24.9 Å². The minimum absolute atomic E-state index is 0.179. The Balaban J connectivity index is 2.31. The number of carbonyl (C=O) groups is 3. The van der Waals surface area contributed by atoms with E-state index in [4.69, 9.17) is 16.2 Å². The Labute approximate surface area is 168 Å². The van der Waals surface area contributed by atoms with Crippen molar-refractivity contribution < 1.29 is 23.5 Å². The number of nitrogens with two attached hydrogens (primary N) is 2. The Morgan fingerprint density at radius 1 is 1.00 bits per heavy atom. The van der Waals surface area contributed by atoms with E-state index in [-0.39, 0.29) is 35.9 Å². The quantitative estimate of drug-likeness (QED) is 0.380. The van der Waals surface area contributed by atoms with Crippen LogP contribution in [-0.2, 0) is 14.3 Å². The predicted octanol–water partition coefficient (Wildman–Crippen LogP) is 3.30. The molecule has 8 heteroatoms. The average molecular weight is 401 g/mol. The van der Waals surface area contributed by atoms with Gasteiger partial charge in [-0.1, -0.05) is 6.42 Å². The van der Waals surface area contributed by atoms with Crippen LogP contribution in [0.1, 0.15) is 42.5 Å². The minimum Gasteiger partial charge on any atom is -0.465 e. The number of hydrogen-bond donors (Lipinski definition) is 2. The van der Waals surface area contributed by atoms with Crippen molar-refractivity contribution in [2.24, 2.45) is 5.73 Å². The van der Waals surface area contributed by atoms with Gasteiger partial charge >= 0.3 is 5.97 Å². The molecule has 2 rings (SSSR count). The van der Waals surface area contributed by atoms with E-state index in [1.165, 1.54) is 54.5 Å². The first-order valence-corrected chi connectivity index (χ1v) is 9.18. The number of unbranched alkanes of at least 4 members (excludes halogenated alkanes) is 2. The molecule has 0 fully saturated rings. The lowest BCUT2D eigenvalue weighted by atomic mass is 10.1. The molecule has 4 N–H and O–H groups in total. The number of esters is 1. The van der Waals surface area contributed by atoms with Crippen molar-refractivity contribution in [1.29, 1.82) is 0 Å².